The van der Waals surface area contributed by atoms with E-state index in [1.54, 1.807) is 44.2 Å². The SMILES string of the molecule is CC(=O)Nc1cccc(NC(=O)CSc2nnc(NC(=O)c3cc(C)oc3C)s2)c1. The number of aryl methyl sites for hydroxylation is 2. The minimum Gasteiger partial charge on any atom is -0.466 e. The second-order valence-electron chi connectivity index (χ2n) is 6.25. The fraction of sp³-hybridized carbons (Fsp3) is 0.211. The molecule has 0 aliphatic heterocycles. The average Bonchev–Trinajstić information content (AvgIpc) is 3.25. The van der Waals surface area contributed by atoms with Crippen LogP contribution in [0.5, 0.6) is 0 Å². The Morgan fingerprint density at radius 2 is 1.80 bits per heavy atom. The van der Waals surface area contributed by atoms with Crippen LogP contribution in [-0.2, 0) is 9.59 Å². The minimum absolute atomic E-state index is 0.118. The van der Waals surface area contributed by atoms with E-state index in [0.29, 0.717) is 37.9 Å². The van der Waals surface area contributed by atoms with Gasteiger partial charge < -0.3 is 15.1 Å². The first-order valence-electron chi connectivity index (χ1n) is 8.82. The van der Waals surface area contributed by atoms with Crippen molar-refractivity contribution in [2.24, 2.45) is 0 Å². The number of thioether (sulfide) groups is 1. The summed E-state index contributed by atoms with van der Waals surface area (Å²) >= 11 is 2.38. The number of carbonyl (C=O) groups is 3. The lowest BCUT2D eigenvalue weighted by atomic mass is 10.2. The number of anilines is 3. The van der Waals surface area contributed by atoms with Gasteiger partial charge in [0.05, 0.1) is 11.3 Å². The minimum atomic E-state index is -0.325. The molecular formula is C19H19N5O4S2. The molecule has 3 N–H and O–H groups in total. The predicted molar refractivity (Wildman–Crippen MR) is 116 cm³/mol. The first kappa shape index (κ1) is 21.5. The highest BCUT2D eigenvalue weighted by Gasteiger charge is 2.16. The van der Waals surface area contributed by atoms with E-state index >= 15 is 0 Å². The Bertz CT molecular complexity index is 1090. The van der Waals surface area contributed by atoms with E-state index < -0.39 is 0 Å². The molecule has 0 aliphatic carbocycles. The Morgan fingerprint density at radius 1 is 1.07 bits per heavy atom. The van der Waals surface area contributed by atoms with Gasteiger partial charge in [0, 0.05) is 18.3 Å². The van der Waals surface area contributed by atoms with Gasteiger partial charge in [0.2, 0.25) is 16.9 Å². The van der Waals surface area contributed by atoms with Crippen molar-refractivity contribution in [2.75, 3.05) is 21.7 Å². The molecule has 3 aromatic rings. The molecule has 1 aromatic carbocycles. The highest BCUT2D eigenvalue weighted by atomic mass is 32.2. The van der Waals surface area contributed by atoms with Gasteiger partial charge in [0.1, 0.15) is 11.5 Å². The zero-order valence-corrected chi connectivity index (χ0v) is 18.1. The lowest BCUT2D eigenvalue weighted by molar-refractivity contribution is -0.114. The van der Waals surface area contributed by atoms with Crippen molar-refractivity contribution in [3.8, 4) is 0 Å². The number of hydrogen-bond acceptors (Lipinski definition) is 8. The standard InChI is InChI=1S/C19H19N5O4S2/c1-10-7-15(11(2)28-10)17(27)22-18-23-24-19(30-18)29-9-16(26)21-14-6-4-5-13(8-14)20-12(3)25/h4-8H,9H2,1-3H3,(H,20,25)(H,21,26)(H,22,23,27). The summed E-state index contributed by atoms with van der Waals surface area (Å²) < 4.78 is 5.90. The van der Waals surface area contributed by atoms with Gasteiger partial charge in [-0.05, 0) is 38.1 Å². The maximum absolute atomic E-state index is 12.3. The first-order chi connectivity index (χ1) is 14.3. The Morgan fingerprint density at radius 3 is 2.47 bits per heavy atom. The second kappa shape index (κ2) is 9.55. The maximum Gasteiger partial charge on any atom is 0.261 e. The number of rotatable bonds is 7. The Hall–Kier alpha value is -3.18. The summed E-state index contributed by atoms with van der Waals surface area (Å²) in [5, 5.41) is 16.4. The highest BCUT2D eigenvalue weighted by molar-refractivity contribution is 8.01. The van der Waals surface area contributed by atoms with Gasteiger partial charge >= 0.3 is 0 Å². The lowest BCUT2D eigenvalue weighted by Gasteiger charge is -2.07. The second-order valence-corrected chi connectivity index (χ2v) is 8.45. The number of nitrogens with one attached hydrogen (secondary N) is 3. The summed E-state index contributed by atoms with van der Waals surface area (Å²) in [7, 11) is 0. The molecule has 156 valence electrons. The van der Waals surface area contributed by atoms with Crippen LogP contribution < -0.4 is 16.0 Å². The Balaban J connectivity index is 1.51. The normalized spacial score (nSPS) is 10.5. The van der Waals surface area contributed by atoms with Crippen LogP contribution in [0.1, 0.15) is 28.8 Å². The molecule has 0 bridgehead atoms. The van der Waals surface area contributed by atoms with Crippen molar-refractivity contribution in [1.82, 2.24) is 10.2 Å². The van der Waals surface area contributed by atoms with Crippen LogP contribution in [0.3, 0.4) is 0 Å². The third kappa shape index (κ3) is 5.91. The molecule has 0 fully saturated rings. The van der Waals surface area contributed by atoms with Crippen molar-refractivity contribution in [2.45, 2.75) is 25.1 Å². The fourth-order valence-corrected chi connectivity index (χ4v) is 4.09. The quantitative estimate of drug-likeness (QED) is 0.374. The molecule has 11 heteroatoms. The van der Waals surface area contributed by atoms with Crippen LogP contribution >= 0.6 is 23.1 Å². The van der Waals surface area contributed by atoms with Crippen molar-refractivity contribution in [3.05, 3.63) is 47.4 Å². The van der Waals surface area contributed by atoms with Crippen LogP contribution in [0.2, 0.25) is 0 Å². The van der Waals surface area contributed by atoms with Crippen LogP contribution in [0.4, 0.5) is 16.5 Å². The zero-order chi connectivity index (χ0) is 21.7. The lowest BCUT2D eigenvalue weighted by Crippen LogP contribution is -2.14. The third-order valence-corrected chi connectivity index (χ3v) is 5.68. The van der Waals surface area contributed by atoms with Gasteiger partial charge in [-0.25, -0.2) is 0 Å². The highest BCUT2D eigenvalue weighted by Crippen LogP contribution is 2.26. The van der Waals surface area contributed by atoms with Crippen molar-refractivity contribution in [1.29, 1.82) is 0 Å². The number of furan rings is 1. The van der Waals surface area contributed by atoms with E-state index in [9.17, 15) is 14.4 Å². The largest absolute Gasteiger partial charge is 0.466 e. The summed E-state index contributed by atoms with van der Waals surface area (Å²) in [4.78, 5) is 35.6. The fourth-order valence-electron chi connectivity index (χ4n) is 2.54. The van der Waals surface area contributed by atoms with Gasteiger partial charge in [0.25, 0.3) is 5.91 Å². The van der Waals surface area contributed by atoms with Gasteiger partial charge in [-0.2, -0.15) is 0 Å². The molecule has 30 heavy (non-hydrogen) atoms. The zero-order valence-electron chi connectivity index (χ0n) is 16.4. The van der Waals surface area contributed by atoms with E-state index in [2.05, 4.69) is 26.1 Å². The smallest absolute Gasteiger partial charge is 0.261 e. The molecule has 0 atom stereocenters. The summed E-state index contributed by atoms with van der Waals surface area (Å²) in [6, 6.07) is 8.52. The van der Waals surface area contributed by atoms with E-state index in [0.717, 1.165) is 0 Å². The van der Waals surface area contributed by atoms with Crippen molar-refractivity contribution < 1.29 is 18.8 Å². The molecule has 0 radical (unpaired) electrons. The Labute approximate surface area is 180 Å². The number of amides is 3. The predicted octanol–water partition coefficient (Wildman–Crippen LogP) is 3.69. The third-order valence-electron chi connectivity index (χ3n) is 3.71. The topological polar surface area (TPSA) is 126 Å². The number of nitrogens with zero attached hydrogens (tertiary/aromatic N) is 2. The molecule has 2 heterocycles. The molecule has 2 aromatic heterocycles. The van der Waals surface area contributed by atoms with E-state index in [-0.39, 0.29) is 23.5 Å². The number of benzene rings is 1. The van der Waals surface area contributed by atoms with Crippen LogP contribution in [0.25, 0.3) is 0 Å². The summed E-state index contributed by atoms with van der Waals surface area (Å²) in [6.07, 6.45) is 0. The summed E-state index contributed by atoms with van der Waals surface area (Å²) in [5.74, 6) is 0.556. The molecule has 0 saturated heterocycles. The monoisotopic (exact) mass is 445 g/mol. The molecule has 3 rings (SSSR count). The summed E-state index contributed by atoms with van der Waals surface area (Å²) in [5.41, 5.74) is 1.61. The Kier molecular flexibility index (Phi) is 6.85. The molecule has 3 amide bonds. The molecule has 0 saturated carbocycles. The van der Waals surface area contributed by atoms with Crippen LogP contribution in [0.15, 0.2) is 39.1 Å². The van der Waals surface area contributed by atoms with Crippen molar-refractivity contribution in [3.63, 3.8) is 0 Å². The molecule has 0 unspecified atom stereocenters. The average molecular weight is 446 g/mol. The molecular weight excluding hydrogens is 426 g/mol. The number of carbonyl (C=O) groups excluding carboxylic acids is 3. The summed E-state index contributed by atoms with van der Waals surface area (Å²) in [6.45, 7) is 4.90. The van der Waals surface area contributed by atoms with Crippen LogP contribution in [0, 0.1) is 13.8 Å². The van der Waals surface area contributed by atoms with E-state index in [1.165, 1.54) is 30.0 Å². The maximum atomic E-state index is 12.3. The number of hydrogen-bond donors (Lipinski definition) is 3. The molecule has 0 aliphatic rings. The van der Waals surface area contributed by atoms with Gasteiger partial charge in [-0.3, -0.25) is 19.7 Å². The molecule has 0 spiro atoms. The van der Waals surface area contributed by atoms with Gasteiger partial charge in [0.15, 0.2) is 4.34 Å². The number of aromatic nitrogens is 2. The first-order valence-corrected chi connectivity index (χ1v) is 10.6. The van der Waals surface area contributed by atoms with Crippen LogP contribution in [-0.4, -0.2) is 33.7 Å². The van der Waals surface area contributed by atoms with E-state index in [4.69, 9.17) is 4.42 Å². The van der Waals surface area contributed by atoms with Crippen molar-refractivity contribution >= 4 is 57.3 Å². The molecule has 9 nitrogen and oxygen atoms in total. The van der Waals surface area contributed by atoms with E-state index in [1.807, 2.05) is 0 Å². The van der Waals surface area contributed by atoms with Gasteiger partial charge in [-0.1, -0.05) is 29.2 Å². The van der Waals surface area contributed by atoms with Gasteiger partial charge in [-0.15, -0.1) is 10.2 Å².